The summed E-state index contributed by atoms with van der Waals surface area (Å²) in [5, 5.41) is 4.39. The number of rotatable bonds is 3. The van der Waals surface area contributed by atoms with Gasteiger partial charge in [-0.2, -0.15) is 5.10 Å². The van der Waals surface area contributed by atoms with Gasteiger partial charge >= 0.3 is 0 Å². The molecule has 1 aromatic rings. The van der Waals surface area contributed by atoms with Gasteiger partial charge < -0.3 is 10.6 Å². The summed E-state index contributed by atoms with van der Waals surface area (Å²) in [5.41, 5.74) is 6.17. The van der Waals surface area contributed by atoms with Crippen molar-refractivity contribution in [2.24, 2.45) is 11.7 Å². The fourth-order valence-corrected chi connectivity index (χ4v) is 2.13. The summed E-state index contributed by atoms with van der Waals surface area (Å²) < 4.78 is 1.41. The Labute approximate surface area is 105 Å². The van der Waals surface area contributed by atoms with E-state index in [2.05, 4.69) is 5.10 Å². The summed E-state index contributed by atoms with van der Waals surface area (Å²) in [6, 6.07) is 0.171. The molecule has 0 unspecified atom stereocenters. The molecule has 5 nitrogen and oxygen atoms in total. The first kappa shape index (κ1) is 12.4. The van der Waals surface area contributed by atoms with Crippen LogP contribution in [0, 0.1) is 5.92 Å². The van der Waals surface area contributed by atoms with Crippen LogP contribution in [0.1, 0.15) is 13.8 Å². The smallest absolute Gasteiger partial charge is 0.287 e. The molecule has 1 saturated heterocycles. The lowest BCUT2D eigenvalue weighted by Gasteiger charge is -2.38. The molecule has 0 amide bonds. The zero-order valence-electron chi connectivity index (χ0n) is 10.1. The van der Waals surface area contributed by atoms with Gasteiger partial charge in [-0.25, -0.2) is 4.68 Å². The lowest BCUT2D eigenvalue weighted by molar-refractivity contribution is 0.460. The van der Waals surface area contributed by atoms with E-state index in [1.54, 1.807) is 6.20 Å². The lowest BCUT2D eigenvalue weighted by Crippen LogP contribution is -2.56. The summed E-state index contributed by atoms with van der Waals surface area (Å²) in [6.07, 6.45) is 1.65. The number of hydrogen-bond acceptors (Lipinski definition) is 4. The van der Waals surface area contributed by atoms with Gasteiger partial charge in [-0.3, -0.25) is 4.79 Å². The Morgan fingerprint density at radius 2 is 2.24 bits per heavy atom. The molecule has 1 aliphatic rings. The predicted molar refractivity (Wildman–Crippen MR) is 68.5 cm³/mol. The molecule has 6 heteroatoms. The van der Waals surface area contributed by atoms with Crippen LogP contribution in [0.25, 0.3) is 0 Å². The van der Waals surface area contributed by atoms with Gasteiger partial charge in [0.05, 0.1) is 11.9 Å². The Balaban J connectivity index is 2.26. The monoisotopic (exact) mass is 256 g/mol. The lowest BCUT2D eigenvalue weighted by atomic mass is 10.1. The van der Waals surface area contributed by atoms with Crippen LogP contribution in [0.4, 0.5) is 5.69 Å². The third-order valence-corrected chi connectivity index (χ3v) is 3.11. The zero-order valence-corrected chi connectivity index (χ0v) is 10.8. The largest absolute Gasteiger partial charge is 0.366 e. The number of nitrogens with zero attached hydrogens (tertiary/aromatic N) is 3. The van der Waals surface area contributed by atoms with E-state index in [0.29, 0.717) is 18.2 Å². The molecule has 2 N–H and O–H groups in total. The topological polar surface area (TPSA) is 64.2 Å². The van der Waals surface area contributed by atoms with Crippen molar-refractivity contribution in [3.8, 4) is 0 Å². The SMILES string of the molecule is CC(C)Cn1ncc(N2CC(N)C2)c(Cl)c1=O. The van der Waals surface area contributed by atoms with Crippen molar-refractivity contribution in [3.63, 3.8) is 0 Å². The van der Waals surface area contributed by atoms with Crippen LogP contribution >= 0.6 is 11.6 Å². The van der Waals surface area contributed by atoms with Crippen LogP contribution in [0.3, 0.4) is 0 Å². The number of aromatic nitrogens is 2. The van der Waals surface area contributed by atoms with Crippen LogP contribution in [0.15, 0.2) is 11.0 Å². The van der Waals surface area contributed by atoms with Crippen molar-refractivity contribution in [1.29, 1.82) is 0 Å². The first-order valence-corrected chi connectivity index (χ1v) is 6.13. The normalized spacial score (nSPS) is 16.4. The Morgan fingerprint density at radius 1 is 1.59 bits per heavy atom. The van der Waals surface area contributed by atoms with Gasteiger partial charge in [-0.1, -0.05) is 25.4 Å². The summed E-state index contributed by atoms with van der Waals surface area (Å²) in [4.78, 5) is 13.9. The van der Waals surface area contributed by atoms with Crippen molar-refractivity contribution >= 4 is 17.3 Å². The summed E-state index contributed by atoms with van der Waals surface area (Å²) >= 11 is 6.08. The fraction of sp³-hybridized carbons (Fsp3) is 0.636. The molecule has 2 heterocycles. The minimum absolute atomic E-state index is 0.171. The predicted octanol–water partition coefficient (Wildman–Crippen LogP) is 0.700. The molecule has 0 aliphatic carbocycles. The highest BCUT2D eigenvalue weighted by molar-refractivity contribution is 6.33. The highest BCUT2D eigenvalue weighted by Gasteiger charge is 2.26. The Hall–Kier alpha value is -1.07. The Bertz CT molecular complexity index is 465. The highest BCUT2D eigenvalue weighted by atomic mass is 35.5. The van der Waals surface area contributed by atoms with Gasteiger partial charge in [0.25, 0.3) is 5.56 Å². The summed E-state index contributed by atoms with van der Waals surface area (Å²) in [6.45, 7) is 6.11. The molecule has 17 heavy (non-hydrogen) atoms. The van der Waals surface area contributed by atoms with Crippen molar-refractivity contribution in [2.75, 3.05) is 18.0 Å². The molecule has 0 aromatic carbocycles. The molecular formula is C11H17ClN4O. The number of anilines is 1. The van der Waals surface area contributed by atoms with E-state index < -0.39 is 0 Å². The van der Waals surface area contributed by atoms with Crippen LogP contribution in [0.2, 0.25) is 5.02 Å². The maximum Gasteiger partial charge on any atom is 0.287 e. The molecule has 0 spiro atoms. The molecule has 1 fully saturated rings. The van der Waals surface area contributed by atoms with E-state index in [9.17, 15) is 4.79 Å². The molecule has 0 saturated carbocycles. The first-order valence-electron chi connectivity index (χ1n) is 5.75. The van der Waals surface area contributed by atoms with E-state index in [1.807, 2.05) is 18.7 Å². The van der Waals surface area contributed by atoms with Gasteiger partial charge in [-0.05, 0) is 5.92 Å². The van der Waals surface area contributed by atoms with Crippen LogP contribution in [-0.4, -0.2) is 28.9 Å². The third-order valence-electron chi connectivity index (χ3n) is 2.76. The average Bonchev–Trinajstić information content (AvgIpc) is 2.21. The zero-order chi connectivity index (χ0) is 12.6. The number of hydrogen-bond donors (Lipinski definition) is 1. The van der Waals surface area contributed by atoms with E-state index >= 15 is 0 Å². The quantitative estimate of drug-likeness (QED) is 0.865. The maximum atomic E-state index is 12.0. The second-order valence-corrected chi connectivity index (χ2v) is 5.27. The van der Waals surface area contributed by atoms with Gasteiger partial charge in [0.1, 0.15) is 5.02 Å². The van der Waals surface area contributed by atoms with Gasteiger partial charge in [0.2, 0.25) is 0 Å². The van der Waals surface area contributed by atoms with E-state index in [1.165, 1.54) is 4.68 Å². The summed E-state index contributed by atoms with van der Waals surface area (Å²) in [7, 11) is 0. The highest BCUT2D eigenvalue weighted by Crippen LogP contribution is 2.24. The molecule has 2 rings (SSSR count). The molecule has 0 radical (unpaired) electrons. The number of halogens is 1. The van der Waals surface area contributed by atoms with Crippen molar-refractivity contribution in [2.45, 2.75) is 26.4 Å². The number of nitrogens with two attached hydrogens (primary N) is 1. The fourth-order valence-electron chi connectivity index (χ4n) is 1.86. The summed E-state index contributed by atoms with van der Waals surface area (Å²) in [5.74, 6) is 0.361. The minimum atomic E-state index is -0.224. The first-order chi connectivity index (χ1) is 7.99. The second-order valence-electron chi connectivity index (χ2n) is 4.89. The van der Waals surface area contributed by atoms with Crippen molar-refractivity contribution in [3.05, 3.63) is 21.6 Å². The van der Waals surface area contributed by atoms with Crippen LogP contribution in [-0.2, 0) is 6.54 Å². The molecule has 0 bridgehead atoms. The standard InChI is InChI=1S/C11H17ClN4O/c1-7(2)4-16-11(17)10(12)9(3-14-16)15-5-8(13)6-15/h3,7-8H,4-6,13H2,1-2H3. The molecule has 1 aliphatic heterocycles. The Kier molecular flexibility index (Phi) is 3.40. The second kappa shape index (κ2) is 4.66. The minimum Gasteiger partial charge on any atom is -0.366 e. The Morgan fingerprint density at radius 3 is 2.76 bits per heavy atom. The van der Waals surface area contributed by atoms with Crippen molar-refractivity contribution < 1.29 is 0 Å². The average molecular weight is 257 g/mol. The third kappa shape index (κ3) is 2.45. The van der Waals surface area contributed by atoms with Gasteiger partial charge in [0, 0.05) is 25.7 Å². The van der Waals surface area contributed by atoms with Crippen LogP contribution in [0.5, 0.6) is 0 Å². The molecule has 0 atom stereocenters. The molecule has 1 aromatic heterocycles. The maximum absolute atomic E-state index is 12.0. The van der Waals surface area contributed by atoms with Crippen molar-refractivity contribution in [1.82, 2.24) is 9.78 Å². The van der Waals surface area contributed by atoms with Crippen LogP contribution < -0.4 is 16.2 Å². The molecular weight excluding hydrogens is 240 g/mol. The van der Waals surface area contributed by atoms with Gasteiger partial charge in [-0.15, -0.1) is 0 Å². The van der Waals surface area contributed by atoms with Gasteiger partial charge in [0.15, 0.2) is 0 Å². The van der Waals surface area contributed by atoms with E-state index in [0.717, 1.165) is 13.1 Å². The molecule has 94 valence electrons. The van der Waals surface area contributed by atoms with E-state index in [-0.39, 0.29) is 16.6 Å². The van der Waals surface area contributed by atoms with E-state index in [4.69, 9.17) is 17.3 Å².